The molecule has 8 nitrogen and oxygen atoms in total. The molecule has 0 amide bonds. The van der Waals surface area contributed by atoms with Crippen molar-refractivity contribution in [2.75, 3.05) is 37.7 Å². The number of aromatic amines is 1. The van der Waals surface area contributed by atoms with E-state index in [-0.39, 0.29) is 33.6 Å². The molecule has 12 heteroatoms. The number of rotatable bonds is 5. The number of halogens is 4. The molecule has 2 unspecified atom stereocenters. The normalized spacial score (nSPS) is 23.8. The first-order valence-corrected chi connectivity index (χ1v) is 14.7. The summed E-state index contributed by atoms with van der Waals surface area (Å²) in [6.45, 7) is 3.88. The van der Waals surface area contributed by atoms with E-state index in [9.17, 15) is 13.2 Å². The summed E-state index contributed by atoms with van der Waals surface area (Å²) in [6, 6.07) is 6.00. The minimum absolute atomic E-state index is 0.0424. The van der Waals surface area contributed by atoms with E-state index in [2.05, 4.69) is 30.3 Å². The fourth-order valence-electron chi connectivity index (χ4n) is 7.80. The molecule has 8 rings (SSSR count). The van der Waals surface area contributed by atoms with Crippen LogP contribution in [0, 0.1) is 5.82 Å². The number of benzene rings is 2. The number of ether oxygens (including phenoxy) is 1. The highest BCUT2D eigenvalue weighted by Crippen LogP contribution is 2.44. The number of H-pyrrole nitrogens is 1. The van der Waals surface area contributed by atoms with E-state index < -0.39 is 17.6 Å². The van der Waals surface area contributed by atoms with E-state index >= 15 is 4.39 Å². The van der Waals surface area contributed by atoms with Crippen molar-refractivity contribution in [2.45, 2.75) is 62.3 Å². The van der Waals surface area contributed by atoms with E-state index in [1.54, 1.807) is 6.07 Å². The second kappa shape index (κ2) is 9.50. The third-order valence-corrected chi connectivity index (χ3v) is 9.76. The topological polar surface area (TPSA) is 82.2 Å². The van der Waals surface area contributed by atoms with Crippen LogP contribution in [0.3, 0.4) is 0 Å². The van der Waals surface area contributed by atoms with Crippen LogP contribution in [0.4, 0.5) is 23.4 Å². The van der Waals surface area contributed by atoms with Gasteiger partial charge in [-0.2, -0.15) is 28.2 Å². The highest BCUT2D eigenvalue weighted by molar-refractivity contribution is 6.00. The van der Waals surface area contributed by atoms with Crippen LogP contribution in [0.5, 0.6) is 6.01 Å². The van der Waals surface area contributed by atoms with Gasteiger partial charge in [0.05, 0.1) is 22.8 Å². The van der Waals surface area contributed by atoms with E-state index in [1.165, 1.54) is 18.3 Å². The molecule has 4 aromatic rings. The predicted octanol–water partition coefficient (Wildman–Crippen LogP) is 5.28. The summed E-state index contributed by atoms with van der Waals surface area (Å²) >= 11 is 0. The van der Waals surface area contributed by atoms with Crippen molar-refractivity contribution < 1.29 is 22.3 Å². The highest BCUT2D eigenvalue weighted by atomic mass is 19.4. The standard InChI is InChI=1S/C30H31F4N7O/c31-25-19(24-21-13-35-39-23(21)8-7-22(24)30(32,33)34)5-6-20-26(25)37-28(42-16-29-9-1-11-41(29)12-2-10-29)38-27(20)40-14-17-3-4-18(15-40)36-17/h5-8,13,17-18,36H,1-4,9-12,14-16H2,(H,35,39). The van der Waals surface area contributed by atoms with E-state index in [4.69, 9.17) is 9.72 Å². The van der Waals surface area contributed by atoms with Crippen LogP contribution in [-0.2, 0) is 6.18 Å². The number of hydrogen-bond donors (Lipinski definition) is 2. The molecule has 4 fully saturated rings. The summed E-state index contributed by atoms with van der Waals surface area (Å²) in [6.07, 6.45) is 2.99. The highest BCUT2D eigenvalue weighted by Gasteiger charge is 2.45. The minimum atomic E-state index is -4.69. The lowest BCUT2D eigenvalue weighted by Crippen LogP contribution is -2.51. The Bertz CT molecular complexity index is 1670. The fraction of sp³-hybridized carbons (Fsp3) is 0.500. The molecule has 4 saturated heterocycles. The number of aromatic nitrogens is 4. The van der Waals surface area contributed by atoms with Crippen LogP contribution in [0.25, 0.3) is 32.9 Å². The second-order valence-electron chi connectivity index (χ2n) is 12.2. The first kappa shape index (κ1) is 26.1. The summed E-state index contributed by atoms with van der Waals surface area (Å²) in [5, 5.41) is 10.9. The van der Waals surface area contributed by atoms with Crippen LogP contribution in [0.1, 0.15) is 44.1 Å². The molecule has 0 saturated carbocycles. The average molecular weight is 582 g/mol. The summed E-state index contributed by atoms with van der Waals surface area (Å²) in [5.41, 5.74) is -1.10. The lowest BCUT2D eigenvalue weighted by Gasteiger charge is -2.34. The summed E-state index contributed by atoms with van der Waals surface area (Å²) in [5.74, 6) is -0.275. The van der Waals surface area contributed by atoms with Crippen LogP contribution in [0.2, 0.25) is 0 Å². The molecule has 6 heterocycles. The molecule has 42 heavy (non-hydrogen) atoms. The van der Waals surface area contributed by atoms with Gasteiger partial charge in [-0.15, -0.1) is 0 Å². The average Bonchev–Trinajstić information content (AvgIpc) is 3.75. The molecule has 220 valence electrons. The van der Waals surface area contributed by atoms with E-state index in [1.807, 2.05) is 0 Å². The lowest BCUT2D eigenvalue weighted by molar-refractivity contribution is -0.137. The van der Waals surface area contributed by atoms with Gasteiger partial charge in [-0.05, 0) is 69.8 Å². The third kappa shape index (κ3) is 4.13. The molecule has 2 N–H and O–H groups in total. The summed E-state index contributed by atoms with van der Waals surface area (Å²) in [4.78, 5) is 14.0. The van der Waals surface area contributed by atoms with Gasteiger partial charge < -0.3 is 15.0 Å². The van der Waals surface area contributed by atoms with Crippen molar-refractivity contribution in [3.8, 4) is 17.1 Å². The van der Waals surface area contributed by atoms with Crippen molar-refractivity contribution >= 4 is 27.6 Å². The maximum atomic E-state index is 16.6. The first-order valence-electron chi connectivity index (χ1n) is 14.7. The fourth-order valence-corrected chi connectivity index (χ4v) is 7.80. The number of piperazine rings is 1. The molecule has 2 atom stereocenters. The summed E-state index contributed by atoms with van der Waals surface area (Å²) in [7, 11) is 0. The number of alkyl halides is 3. The zero-order valence-corrected chi connectivity index (χ0v) is 23.0. The largest absolute Gasteiger partial charge is 0.461 e. The number of anilines is 1. The second-order valence-corrected chi connectivity index (χ2v) is 12.2. The molecule has 0 spiro atoms. The van der Waals surface area contributed by atoms with Crippen molar-refractivity contribution in [1.29, 1.82) is 0 Å². The number of nitrogens with zero attached hydrogens (tertiary/aromatic N) is 5. The smallest absolute Gasteiger partial charge is 0.417 e. The van der Waals surface area contributed by atoms with Gasteiger partial charge in [-0.3, -0.25) is 10.00 Å². The Morgan fingerprint density at radius 3 is 2.48 bits per heavy atom. The Hall–Kier alpha value is -3.51. The predicted molar refractivity (Wildman–Crippen MR) is 150 cm³/mol. The van der Waals surface area contributed by atoms with Gasteiger partial charge in [0.1, 0.15) is 17.9 Å². The van der Waals surface area contributed by atoms with E-state index in [0.717, 1.165) is 57.7 Å². The van der Waals surface area contributed by atoms with Crippen molar-refractivity contribution in [3.63, 3.8) is 0 Å². The molecule has 0 radical (unpaired) electrons. The van der Waals surface area contributed by atoms with Gasteiger partial charge in [-0.25, -0.2) is 4.39 Å². The number of fused-ring (bicyclic) bond motifs is 5. The Labute approximate surface area is 239 Å². The molecule has 0 aliphatic carbocycles. The lowest BCUT2D eigenvalue weighted by atomic mass is 9.94. The molecule has 2 aromatic carbocycles. The molecular weight excluding hydrogens is 550 g/mol. The SMILES string of the molecule is Fc1c(-c2c(C(F)(F)F)ccc3[nH]ncc23)ccc2c(N3CC4CCC(C3)N4)nc(OCC34CCCN3CCC4)nc12. The van der Waals surface area contributed by atoms with E-state index in [0.29, 0.717) is 48.5 Å². The maximum Gasteiger partial charge on any atom is 0.417 e. The van der Waals surface area contributed by atoms with Gasteiger partial charge in [0.15, 0.2) is 5.82 Å². The van der Waals surface area contributed by atoms with Gasteiger partial charge in [0, 0.05) is 47.1 Å². The Morgan fingerprint density at radius 2 is 1.74 bits per heavy atom. The van der Waals surface area contributed by atoms with Gasteiger partial charge in [0.25, 0.3) is 0 Å². The first-order chi connectivity index (χ1) is 20.3. The number of nitrogens with one attached hydrogen (secondary N) is 2. The summed E-state index contributed by atoms with van der Waals surface area (Å²) < 4.78 is 65.5. The Balaban J connectivity index is 1.28. The minimum Gasteiger partial charge on any atom is -0.461 e. The zero-order valence-electron chi connectivity index (χ0n) is 23.0. The quantitative estimate of drug-likeness (QED) is 0.311. The molecule has 2 bridgehead atoms. The third-order valence-electron chi connectivity index (χ3n) is 9.76. The van der Waals surface area contributed by atoms with Gasteiger partial charge >= 0.3 is 12.2 Å². The van der Waals surface area contributed by atoms with Gasteiger partial charge in [0.2, 0.25) is 0 Å². The van der Waals surface area contributed by atoms with Crippen molar-refractivity contribution in [1.82, 2.24) is 30.4 Å². The molecule has 4 aliphatic heterocycles. The molecular formula is C30H31F4N7O. The van der Waals surface area contributed by atoms with Crippen LogP contribution in [0.15, 0.2) is 30.5 Å². The number of hydrogen-bond acceptors (Lipinski definition) is 7. The molecule has 4 aliphatic rings. The van der Waals surface area contributed by atoms with Crippen LogP contribution < -0.4 is 15.0 Å². The van der Waals surface area contributed by atoms with Crippen molar-refractivity contribution in [2.24, 2.45) is 0 Å². The van der Waals surface area contributed by atoms with Gasteiger partial charge in [-0.1, -0.05) is 6.07 Å². The Kier molecular flexibility index (Phi) is 5.91. The monoisotopic (exact) mass is 581 g/mol. The zero-order chi connectivity index (χ0) is 28.6. The van der Waals surface area contributed by atoms with Crippen molar-refractivity contribution in [3.05, 3.63) is 41.8 Å². The maximum absolute atomic E-state index is 16.6. The Morgan fingerprint density at radius 1 is 0.976 bits per heavy atom. The van der Waals surface area contributed by atoms with Crippen LogP contribution in [-0.4, -0.2) is 75.5 Å². The molecule has 2 aromatic heterocycles. The van der Waals surface area contributed by atoms with Crippen LogP contribution >= 0.6 is 0 Å².